The van der Waals surface area contributed by atoms with E-state index in [-0.39, 0.29) is 18.4 Å². The SMILES string of the molecule is COC(=O)[C@H](Cc1ccc(C(=O)c2ccccc2)cc1)NC(=O)c1ccc(CP(=O)(OC)OC)cc1. The molecule has 8 nitrogen and oxygen atoms in total. The maximum Gasteiger partial charge on any atom is 0.334 e. The van der Waals surface area contributed by atoms with Crippen molar-refractivity contribution in [3.05, 3.63) is 107 Å². The van der Waals surface area contributed by atoms with Crippen LogP contribution >= 0.6 is 7.60 Å². The van der Waals surface area contributed by atoms with Crippen LogP contribution < -0.4 is 5.32 Å². The van der Waals surface area contributed by atoms with Crippen molar-refractivity contribution in [3.63, 3.8) is 0 Å². The molecular formula is C27H28NO7P. The van der Waals surface area contributed by atoms with Crippen LogP contribution in [0.5, 0.6) is 0 Å². The summed E-state index contributed by atoms with van der Waals surface area (Å²) in [6.45, 7) is 0. The predicted octanol–water partition coefficient (Wildman–Crippen LogP) is 4.42. The Morgan fingerprint density at radius 3 is 1.83 bits per heavy atom. The lowest BCUT2D eigenvalue weighted by Crippen LogP contribution is -2.43. The highest BCUT2D eigenvalue weighted by molar-refractivity contribution is 7.52. The highest BCUT2D eigenvalue weighted by Gasteiger charge is 2.24. The summed E-state index contributed by atoms with van der Waals surface area (Å²) in [7, 11) is 0.647. The van der Waals surface area contributed by atoms with Crippen molar-refractivity contribution in [2.24, 2.45) is 0 Å². The minimum atomic E-state index is -3.23. The van der Waals surface area contributed by atoms with Crippen LogP contribution in [-0.2, 0) is 35.7 Å². The number of carbonyl (C=O) groups is 3. The molecule has 0 spiro atoms. The number of ketones is 1. The van der Waals surface area contributed by atoms with Crippen LogP contribution in [0, 0.1) is 0 Å². The minimum Gasteiger partial charge on any atom is -0.467 e. The average Bonchev–Trinajstić information content (AvgIpc) is 2.93. The molecule has 9 heteroatoms. The van der Waals surface area contributed by atoms with Gasteiger partial charge in [0.05, 0.1) is 13.3 Å². The molecule has 3 rings (SSSR count). The second kappa shape index (κ2) is 12.4. The monoisotopic (exact) mass is 509 g/mol. The van der Waals surface area contributed by atoms with Gasteiger partial charge in [-0.15, -0.1) is 0 Å². The van der Waals surface area contributed by atoms with Crippen LogP contribution in [0.1, 0.15) is 37.4 Å². The molecule has 0 radical (unpaired) electrons. The normalized spacial score (nSPS) is 12.0. The quantitative estimate of drug-likeness (QED) is 0.232. The summed E-state index contributed by atoms with van der Waals surface area (Å²) in [4.78, 5) is 37.8. The first-order chi connectivity index (χ1) is 17.3. The Bertz CT molecular complexity index is 1230. The number of esters is 1. The molecule has 0 saturated heterocycles. The fraction of sp³-hybridized carbons (Fsp3) is 0.222. The van der Waals surface area contributed by atoms with Crippen LogP contribution in [0.4, 0.5) is 0 Å². The Hall–Kier alpha value is -3.58. The van der Waals surface area contributed by atoms with Crippen LogP contribution in [-0.4, -0.2) is 45.0 Å². The molecule has 3 aromatic rings. The first-order valence-corrected chi connectivity index (χ1v) is 12.9. The smallest absolute Gasteiger partial charge is 0.334 e. The third-order valence-electron chi connectivity index (χ3n) is 5.63. The lowest BCUT2D eigenvalue weighted by atomic mass is 9.99. The van der Waals surface area contributed by atoms with Gasteiger partial charge in [0.25, 0.3) is 5.91 Å². The number of methoxy groups -OCH3 is 1. The number of amides is 1. The Morgan fingerprint density at radius 1 is 0.750 bits per heavy atom. The molecule has 0 unspecified atom stereocenters. The van der Waals surface area contributed by atoms with E-state index < -0.39 is 25.5 Å². The van der Waals surface area contributed by atoms with E-state index in [0.717, 1.165) is 5.56 Å². The minimum absolute atomic E-state index is 0.0649. The number of nitrogens with one attached hydrogen (secondary N) is 1. The molecule has 0 aliphatic rings. The fourth-order valence-electron chi connectivity index (χ4n) is 3.55. The zero-order valence-corrected chi connectivity index (χ0v) is 21.2. The van der Waals surface area contributed by atoms with Gasteiger partial charge in [0.15, 0.2) is 5.78 Å². The van der Waals surface area contributed by atoms with Crippen molar-refractivity contribution >= 4 is 25.3 Å². The highest BCUT2D eigenvalue weighted by atomic mass is 31.2. The van der Waals surface area contributed by atoms with Crippen molar-refractivity contribution in [1.82, 2.24) is 5.32 Å². The molecule has 1 amide bonds. The summed E-state index contributed by atoms with van der Waals surface area (Å²) < 4.78 is 27.1. The number of rotatable bonds is 11. The van der Waals surface area contributed by atoms with Gasteiger partial charge in [-0.1, -0.05) is 66.7 Å². The second-order valence-corrected chi connectivity index (χ2v) is 10.2. The van der Waals surface area contributed by atoms with E-state index in [9.17, 15) is 18.9 Å². The van der Waals surface area contributed by atoms with E-state index >= 15 is 0 Å². The number of benzene rings is 3. The Balaban J connectivity index is 1.68. The molecule has 0 fully saturated rings. The van der Waals surface area contributed by atoms with Gasteiger partial charge in [-0.2, -0.15) is 0 Å². The number of hydrogen-bond donors (Lipinski definition) is 1. The van der Waals surface area contributed by atoms with Crippen LogP contribution in [0.3, 0.4) is 0 Å². The first-order valence-electron chi connectivity index (χ1n) is 11.2. The summed E-state index contributed by atoms with van der Waals surface area (Å²) in [5.74, 6) is -1.16. The van der Waals surface area contributed by atoms with E-state index in [1.54, 1.807) is 72.8 Å². The van der Waals surface area contributed by atoms with Gasteiger partial charge in [-0.3, -0.25) is 14.2 Å². The van der Waals surface area contributed by atoms with E-state index in [1.165, 1.54) is 21.3 Å². The van der Waals surface area contributed by atoms with Gasteiger partial charge in [0.1, 0.15) is 6.04 Å². The Labute approximate surface area is 210 Å². The lowest BCUT2D eigenvalue weighted by molar-refractivity contribution is -0.142. The predicted molar refractivity (Wildman–Crippen MR) is 135 cm³/mol. The molecule has 0 aliphatic carbocycles. The highest BCUT2D eigenvalue weighted by Crippen LogP contribution is 2.49. The molecule has 3 aromatic carbocycles. The van der Waals surface area contributed by atoms with E-state index in [1.807, 2.05) is 6.07 Å². The number of ether oxygens (including phenoxy) is 1. The van der Waals surface area contributed by atoms with Crippen molar-refractivity contribution in [3.8, 4) is 0 Å². The standard InChI is InChI=1S/C27H28NO7P/c1-33-27(31)24(17-19-9-13-22(14-10-19)25(29)21-7-5-4-6-8-21)28-26(30)23-15-11-20(12-16-23)18-36(32,34-2)35-3/h4-16,24H,17-18H2,1-3H3,(H,28,30)/t24-/m0/s1. The summed E-state index contributed by atoms with van der Waals surface area (Å²) in [6.07, 6.45) is 0.247. The molecule has 1 atom stereocenters. The van der Waals surface area contributed by atoms with E-state index in [0.29, 0.717) is 22.3 Å². The molecule has 36 heavy (non-hydrogen) atoms. The second-order valence-electron chi connectivity index (χ2n) is 7.98. The molecule has 0 aromatic heterocycles. The van der Waals surface area contributed by atoms with Crippen LogP contribution in [0.15, 0.2) is 78.9 Å². The van der Waals surface area contributed by atoms with Crippen molar-refractivity contribution in [1.29, 1.82) is 0 Å². The van der Waals surface area contributed by atoms with E-state index in [2.05, 4.69) is 5.32 Å². The maximum atomic E-state index is 12.8. The van der Waals surface area contributed by atoms with Crippen molar-refractivity contribution in [2.75, 3.05) is 21.3 Å². The van der Waals surface area contributed by atoms with Gasteiger partial charge in [-0.25, -0.2) is 4.79 Å². The summed E-state index contributed by atoms with van der Waals surface area (Å²) in [5, 5.41) is 2.70. The third-order valence-corrected chi connectivity index (χ3v) is 7.50. The van der Waals surface area contributed by atoms with Gasteiger partial charge >= 0.3 is 13.6 Å². The molecule has 0 bridgehead atoms. The van der Waals surface area contributed by atoms with Crippen LogP contribution in [0.25, 0.3) is 0 Å². The molecule has 1 N–H and O–H groups in total. The van der Waals surface area contributed by atoms with Crippen LogP contribution in [0.2, 0.25) is 0 Å². The number of carbonyl (C=O) groups excluding carboxylic acids is 3. The summed E-state index contributed by atoms with van der Waals surface area (Å²) >= 11 is 0. The molecule has 188 valence electrons. The van der Waals surface area contributed by atoms with Gasteiger partial charge in [0, 0.05) is 37.3 Å². The topological polar surface area (TPSA) is 108 Å². The Morgan fingerprint density at radius 2 is 1.28 bits per heavy atom. The maximum absolute atomic E-state index is 12.8. The Kier molecular flexibility index (Phi) is 9.31. The zero-order chi connectivity index (χ0) is 26.1. The number of hydrogen-bond acceptors (Lipinski definition) is 7. The van der Waals surface area contributed by atoms with E-state index in [4.69, 9.17) is 13.8 Å². The van der Waals surface area contributed by atoms with Crippen molar-refractivity contribution < 1.29 is 32.7 Å². The lowest BCUT2D eigenvalue weighted by Gasteiger charge is -2.17. The van der Waals surface area contributed by atoms with Crippen molar-refractivity contribution in [2.45, 2.75) is 18.6 Å². The molecule has 0 heterocycles. The zero-order valence-electron chi connectivity index (χ0n) is 20.3. The van der Waals surface area contributed by atoms with Gasteiger partial charge in [0.2, 0.25) is 0 Å². The third kappa shape index (κ3) is 6.98. The molecule has 0 aliphatic heterocycles. The van der Waals surface area contributed by atoms with Gasteiger partial charge < -0.3 is 19.1 Å². The molecular weight excluding hydrogens is 481 g/mol. The average molecular weight is 509 g/mol. The fourth-order valence-corrected chi connectivity index (χ4v) is 4.62. The molecule has 0 saturated carbocycles. The first kappa shape index (κ1) is 27.0. The summed E-state index contributed by atoms with van der Waals surface area (Å²) in [6, 6.07) is 21.3. The largest absolute Gasteiger partial charge is 0.467 e. The van der Waals surface area contributed by atoms with Gasteiger partial charge in [-0.05, 0) is 23.3 Å². The summed E-state index contributed by atoms with van der Waals surface area (Å²) in [5.41, 5.74) is 2.85.